The van der Waals surface area contributed by atoms with Crippen LogP contribution in [0.4, 0.5) is 4.39 Å². The van der Waals surface area contributed by atoms with Crippen LogP contribution >= 0.6 is 0 Å². The summed E-state index contributed by atoms with van der Waals surface area (Å²) in [6.07, 6.45) is 2.13. The van der Waals surface area contributed by atoms with Crippen molar-refractivity contribution in [3.05, 3.63) is 83.7 Å². The van der Waals surface area contributed by atoms with Crippen molar-refractivity contribution in [1.29, 1.82) is 0 Å². The van der Waals surface area contributed by atoms with E-state index < -0.39 is 0 Å². The van der Waals surface area contributed by atoms with Crippen LogP contribution in [-0.2, 0) is 16.8 Å². The van der Waals surface area contributed by atoms with E-state index in [1.165, 1.54) is 34.4 Å². The molecule has 1 aliphatic rings. The second-order valence-electron chi connectivity index (χ2n) is 8.29. The molecule has 150 valence electrons. The maximum absolute atomic E-state index is 13.2. The third-order valence-corrected chi connectivity index (χ3v) is 6.41. The smallest absolute Gasteiger partial charge is 0.123 e. The molecule has 0 aromatic heterocycles. The Kier molecular flexibility index (Phi) is 5.28. The summed E-state index contributed by atoms with van der Waals surface area (Å²) in [6.45, 7) is 2.20. The highest BCUT2D eigenvalue weighted by atomic mass is 19.1. The first kappa shape index (κ1) is 19.8. The van der Waals surface area contributed by atoms with E-state index in [4.69, 9.17) is 4.74 Å². The number of ether oxygens (including phenoxy) is 1. The lowest BCUT2D eigenvalue weighted by Crippen LogP contribution is -2.50. The van der Waals surface area contributed by atoms with Crippen LogP contribution in [0.3, 0.4) is 0 Å². The molecule has 29 heavy (non-hydrogen) atoms. The van der Waals surface area contributed by atoms with Crippen LogP contribution < -0.4 is 0 Å². The molecule has 2 unspecified atom stereocenters. The van der Waals surface area contributed by atoms with E-state index in [9.17, 15) is 4.39 Å². The van der Waals surface area contributed by atoms with Crippen molar-refractivity contribution in [3.8, 4) is 22.3 Å². The number of methoxy groups -OCH3 is 1. The van der Waals surface area contributed by atoms with Gasteiger partial charge in [0.15, 0.2) is 0 Å². The third kappa shape index (κ3) is 3.61. The van der Waals surface area contributed by atoms with Crippen molar-refractivity contribution in [3.63, 3.8) is 0 Å². The molecule has 2 nitrogen and oxygen atoms in total. The minimum absolute atomic E-state index is 0.209. The number of hydrogen-bond acceptors (Lipinski definition) is 2. The normalized spacial score (nSPS) is 21.2. The Morgan fingerprint density at radius 1 is 0.862 bits per heavy atom. The van der Waals surface area contributed by atoms with Gasteiger partial charge in [-0.1, -0.05) is 54.6 Å². The monoisotopic (exact) mass is 389 g/mol. The van der Waals surface area contributed by atoms with E-state index in [-0.39, 0.29) is 11.4 Å². The van der Waals surface area contributed by atoms with Gasteiger partial charge < -0.3 is 9.64 Å². The lowest BCUT2D eigenvalue weighted by molar-refractivity contribution is -0.0686. The Morgan fingerprint density at radius 2 is 1.38 bits per heavy atom. The van der Waals surface area contributed by atoms with E-state index >= 15 is 0 Å². The van der Waals surface area contributed by atoms with Crippen molar-refractivity contribution >= 4 is 0 Å². The fourth-order valence-corrected chi connectivity index (χ4v) is 4.71. The van der Waals surface area contributed by atoms with Crippen LogP contribution in [-0.4, -0.2) is 32.1 Å². The summed E-state index contributed by atoms with van der Waals surface area (Å²) >= 11 is 0. The number of nitrogens with zero attached hydrogens (tertiary/aromatic N) is 1. The van der Waals surface area contributed by atoms with Crippen molar-refractivity contribution in [2.24, 2.45) is 0 Å². The van der Waals surface area contributed by atoms with Crippen molar-refractivity contribution in [2.45, 2.75) is 31.4 Å². The predicted octanol–water partition coefficient (Wildman–Crippen LogP) is 5.90. The van der Waals surface area contributed by atoms with Gasteiger partial charge in [0.1, 0.15) is 11.4 Å². The zero-order valence-electron chi connectivity index (χ0n) is 17.6. The second kappa shape index (κ2) is 7.74. The van der Waals surface area contributed by atoms with Crippen LogP contribution in [0.15, 0.2) is 66.7 Å². The van der Waals surface area contributed by atoms with Crippen LogP contribution in [0.2, 0.25) is 0 Å². The number of benzene rings is 3. The van der Waals surface area contributed by atoms with Crippen molar-refractivity contribution < 1.29 is 9.13 Å². The Hall–Kier alpha value is -2.49. The highest BCUT2D eigenvalue weighted by molar-refractivity contribution is 5.71. The summed E-state index contributed by atoms with van der Waals surface area (Å²) in [6, 6.07) is 22.2. The fourth-order valence-electron chi connectivity index (χ4n) is 4.71. The number of rotatable bonds is 4. The van der Waals surface area contributed by atoms with E-state index in [1.807, 2.05) is 19.2 Å². The van der Waals surface area contributed by atoms with Crippen LogP contribution in [0.25, 0.3) is 22.3 Å². The highest BCUT2D eigenvalue weighted by Gasteiger charge is 2.41. The maximum Gasteiger partial charge on any atom is 0.123 e. The topological polar surface area (TPSA) is 12.5 Å². The van der Waals surface area contributed by atoms with Crippen molar-refractivity contribution in [2.75, 3.05) is 21.2 Å². The minimum Gasteiger partial charge on any atom is -0.372 e. The first-order valence-corrected chi connectivity index (χ1v) is 10.1. The lowest BCUT2D eigenvalue weighted by atomic mass is 9.75. The van der Waals surface area contributed by atoms with Gasteiger partial charge >= 0.3 is 0 Å². The average molecular weight is 390 g/mol. The molecule has 0 saturated heterocycles. The van der Waals surface area contributed by atoms with Gasteiger partial charge in [0.2, 0.25) is 0 Å². The molecule has 0 bridgehead atoms. The highest BCUT2D eigenvalue weighted by Crippen LogP contribution is 2.41. The fraction of sp³-hybridized carbons (Fsp3) is 0.308. The van der Waals surface area contributed by atoms with Gasteiger partial charge in [-0.3, -0.25) is 0 Å². The molecular formula is C26H28FNO. The maximum atomic E-state index is 13.2. The van der Waals surface area contributed by atoms with Gasteiger partial charge in [-0.25, -0.2) is 4.39 Å². The van der Waals surface area contributed by atoms with Crippen molar-refractivity contribution in [1.82, 2.24) is 4.90 Å². The zero-order chi connectivity index (χ0) is 20.6. The molecule has 0 fully saturated rings. The summed E-state index contributed by atoms with van der Waals surface area (Å²) in [5.41, 5.74) is 6.87. The summed E-state index contributed by atoms with van der Waals surface area (Å²) in [5, 5.41) is 0. The quantitative estimate of drug-likeness (QED) is 0.551. The Labute approximate surface area is 172 Å². The molecule has 1 aliphatic carbocycles. The van der Waals surface area contributed by atoms with Gasteiger partial charge in [0, 0.05) is 13.2 Å². The summed E-state index contributed by atoms with van der Waals surface area (Å²) < 4.78 is 19.2. The number of fused-ring (bicyclic) bond motifs is 1. The first-order chi connectivity index (χ1) is 13.9. The molecule has 3 heteroatoms. The zero-order valence-corrected chi connectivity index (χ0v) is 17.6. The van der Waals surface area contributed by atoms with E-state index in [2.05, 4.69) is 68.4 Å². The molecule has 0 N–H and O–H groups in total. The molecule has 0 aliphatic heterocycles. The van der Waals surface area contributed by atoms with Crippen LogP contribution in [0.1, 0.15) is 24.5 Å². The van der Waals surface area contributed by atoms with E-state index in [1.54, 1.807) is 0 Å². The first-order valence-electron chi connectivity index (χ1n) is 10.1. The molecule has 0 spiro atoms. The Morgan fingerprint density at radius 3 is 1.93 bits per heavy atom. The molecule has 3 aromatic rings. The number of likely N-dealkylation sites (N-methyl/N-ethyl adjacent to an activating group) is 1. The van der Waals surface area contributed by atoms with Crippen LogP contribution in [0, 0.1) is 5.82 Å². The SMILES string of the molecule is COC1(C)c2ccc(-c3ccc(-c4ccc(F)cc4)cc3)cc2CCC1N(C)C. The van der Waals surface area contributed by atoms with Gasteiger partial charge in [0.05, 0.1) is 0 Å². The number of aryl methyl sites for hydroxylation is 1. The van der Waals surface area contributed by atoms with E-state index in [0.717, 1.165) is 24.0 Å². The largest absolute Gasteiger partial charge is 0.372 e. The molecule has 0 radical (unpaired) electrons. The molecule has 0 heterocycles. The predicted molar refractivity (Wildman–Crippen MR) is 117 cm³/mol. The lowest BCUT2D eigenvalue weighted by Gasteiger charge is -2.45. The summed E-state index contributed by atoms with van der Waals surface area (Å²) in [5.74, 6) is -0.209. The number of hydrogen-bond donors (Lipinski definition) is 0. The molecule has 0 amide bonds. The minimum atomic E-state index is -0.304. The summed E-state index contributed by atoms with van der Waals surface area (Å²) in [7, 11) is 6.07. The second-order valence-corrected chi connectivity index (χ2v) is 8.29. The molecule has 4 rings (SSSR count). The standard InChI is InChI=1S/C26H28FNO/c1-26(29-4)24-15-11-21(17-22(24)12-16-25(26)28(2)3)20-7-5-18(6-8-20)19-9-13-23(27)14-10-19/h5-11,13-15,17,25H,12,16H2,1-4H3. The van der Waals surface area contributed by atoms with Gasteiger partial charge in [0.25, 0.3) is 0 Å². The van der Waals surface area contributed by atoms with Gasteiger partial charge in [-0.2, -0.15) is 0 Å². The Bertz CT molecular complexity index is 994. The van der Waals surface area contributed by atoms with E-state index in [0.29, 0.717) is 6.04 Å². The van der Waals surface area contributed by atoms with Gasteiger partial charge in [-0.15, -0.1) is 0 Å². The molecule has 3 aromatic carbocycles. The molecular weight excluding hydrogens is 361 g/mol. The molecule has 0 saturated carbocycles. The molecule has 2 atom stereocenters. The summed E-state index contributed by atoms with van der Waals surface area (Å²) in [4.78, 5) is 2.27. The van der Waals surface area contributed by atoms with Gasteiger partial charge in [-0.05, 0) is 79.4 Å². The van der Waals surface area contributed by atoms with Crippen LogP contribution in [0.5, 0.6) is 0 Å². The third-order valence-electron chi connectivity index (χ3n) is 6.41. The Balaban J connectivity index is 1.65. The number of halogens is 1. The average Bonchev–Trinajstić information content (AvgIpc) is 2.74.